The Morgan fingerprint density at radius 2 is 2.25 bits per heavy atom. The third kappa shape index (κ3) is 3.07. The number of carbonyl (C=O) groups is 1. The molecule has 1 amide bonds. The zero-order chi connectivity index (χ0) is 14.7. The first-order valence-electron chi connectivity index (χ1n) is 7.00. The van der Waals surface area contributed by atoms with E-state index in [0.29, 0.717) is 10.6 Å². The summed E-state index contributed by atoms with van der Waals surface area (Å²) in [7, 11) is 1.67. The fraction of sp³-hybridized carbons (Fsp3) is 0.533. The maximum Gasteiger partial charge on any atom is 0.242 e. The Bertz CT molecular complexity index is 491. The molecule has 20 heavy (non-hydrogen) atoms. The maximum atomic E-state index is 12.0. The number of aliphatic hydroxyl groups is 1. The summed E-state index contributed by atoms with van der Waals surface area (Å²) in [5, 5.41) is 12.9. The fourth-order valence-electron chi connectivity index (χ4n) is 2.71. The lowest BCUT2D eigenvalue weighted by Crippen LogP contribution is -2.48. The normalized spacial score (nSPS) is 20.6. The Hall–Kier alpha value is -1.26. The van der Waals surface area contributed by atoms with Gasteiger partial charge in [0.1, 0.15) is 6.04 Å². The van der Waals surface area contributed by atoms with Crippen LogP contribution < -0.4 is 10.2 Å². The molecule has 1 aromatic carbocycles. The number of nitrogens with zero attached hydrogens (tertiary/aromatic N) is 1. The molecule has 1 heterocycles. The first-order valence-corrected chi connectivity index (χ1v) is 7.38. The Morgan fingerprint density at radius 3 is 2.85 bits per heavy atom. The maximum absolute atomic E-state index is 12.0. The third-order valence-electron chi connectivity index (χ3n) is 3.82. The molecule has 0 bridgehead atoms. The minimum atomic E-state index is -0.590. The number of hydrogen-bond acceptors (Lipinski definition) is 3. The van der Waals surface area contributed by atoms with E-state index >= 15 is 0 Å². The molecule has 1 aliphatic heterocycles. The Labute approximate surface area is 124 Å². The van der Waals surface area contributed by atoms with Gasteiger partial charge in [-0.1, -0.05) is 17.7 Å². The van der Waals surface area contributed by atoms with Crippen molar-refractivity contribution in [3.8, 4) is 0 Å². The lowest BCUT2D eigenvalue weighted by Gasteiger charge is -2.36. The van der Waals surface area contributed by atoms with Gasteiger partial charge in [-0.3, -0.25) is 4.79 Å². The molecule has 4 nitrogen and oxygen atoms in total. The summed E-state index contributed by atoms with van der Waals surface area (Å²) in [5.41, 5.74) is 1.65. The summed E-state index contributed by atoms with van der Waals surface area (Å²) in [6, 6.07) is 5.46. The molecule has 1 aromatic rings. The van der Waals surface area contributed by atoms with E-state index in [1.165, 1.54) is 0 Å². The molecule has 5 heteroatoms. The lowest BCUT2D eigenvalue weighted by atomic mass is 10.00. The van der Waals surface area contributed by atoms with E-state index in [2.05, 4.69) is 10.2 Å². The fourth-order valence-corrected chi connectivity index (χ4v) is 3.05. The number of hydrogen-bond donors (Lipinski definition) is 2. The van der Waals surface area contributed by atoms with Crippen LogP contribution in [0.3, 0.4) is 0 Å². The van der Waals surface area contributed by atoms with E-state index in [0.717, 1.165) is 31.5 Å². The molecule has 2 unspecified atom stereocenters. The van der Waals surface area contributed by atoms with Gasteiger partial charge in [0.15, 0.2) is 0 Å². The number of nitrogens with one attached hydrogen (secondary N) is 1. The average molecular weight is 297 g/mol. The average Bonchev–Trinajstić information content (AvgIpc) is 2.46. The number of benzene rings is 1. The van der Waals surface area contributed by atoms with Crippen LogP contribution in [-0.4, -0.2) is 30.6 Å². The van der Waals surface area contributed by atoms with E-state index in [1.54, 1.807) is 14.0 Å². The topological polar surface area (TPSA) is 52.6 Å². The second kappa shape index (κ2) is 6.46. The van der Waals surface area contributed by atoms with E-state index in [-0.39, 0.29) is 11.9 Å². The van der Waals surface area contributed by atoms with Crippen LogP contribution in [0.2, 0.25) is 5.02 Å². The van der Waals surface area contributed by atoms with Crippen molar-refractivity contribution < 1.29 is 9.90 Å². The highest BCUT2D eigenvalue weighted by Gasteiger charge is 2.28. The minimum absolute atomic E-state index is 0.0421. The molecule has 1 fully saturated rings. The van der Waals surface area contributed by atoms with Crippen LogP contribution in [0.5, 0.6) is 0 Å². The van der Waals surface area contributed by atoms with Gasteiger partial charge >= 0.3 is 0 Å². The van der Waals surface area contributed by atoms with Crippen molar-refractivity contribution in [2.24, 2.45) is 0 Å². The molecule has 0 saturated carbocycles. The molecule has 2 atom stereocenters. The quantitative estimate of drug-likeness (QED) is 0.901. The predicted octanol–water partition coefficient (Wildman–Crippen LogP) is 2.50. The molecule has 110 valence electrons. The SMILES string of the molecule is CNC(=O)C1CCCCN1c1ccc(C(C)O)c(Cl)c1. The van der Waals surface area contributed by atoms with Gasteiger partial charge in [0.25, 0.3) is 0 Å². The van der Waals surface area contributed by atoms with Crippen LogP contribution in [0, 0.1) is 0 Å². The van der Waals surface area contributed by atoms with Gasteiger partial charge in [-0.2, -0.15) is 0 Å². The Morgan fingerprint density at radius 1 is 1.50 bits per heavy atom. The van der Waals surface area contributed by atoms with Crippen molar-refractivity contribution in [1.82, 2.24) is 5.32 Å². The number of aliphatic hydroxyl groups excluding tert-OH is 1. The van der Waals surface area contributed by atoms with Crippen LogP contribution in [0.15, 0.2) is 18.2 Å². The van der Waals surface area contributed by atoms with Crippen molar-refractivity contribution >= 4 is 23.2 Å². The van der Waals surface area contributed by atoms with E-state index < -0.39 is 6.10 Å². The lowest BCUT2D eigenvalue weighted by molar-refractivity contribution is -0.122. The molecule has 2 N–H and O–H groups in total. The van der Waals surface area contributed by atoms with E-state index in [4.69, 9.17) is 11.6 Å². The first-order chi connectivity index (χ1) is 9.54. The van der Waals surface area contributed by atoms with Gasteiger partial charge in [0.2, 0.25) is 5.91 Å². The molecule has 1 saturated heterocycles. The molecule has 2 rings (SSSR count). The number of rotatable bonds is 3. The number of piperidine rings is 1. The summed E-state index contributed by atoms with van der Waals surface area (Å²) in [4.78, 5) is 14.1. The number of halogens is 1. The molecular formula is C15H21ClN2O2. The predicted molar refractivity (Wildman–Crippen MR) is 81.1 cm³/mol. The first kappa shape index (κ1) is 15.1. The van der Waals surface area contributed by atoms with Gasteiger partial charge in [-0.15, -0.1) is 0 Å². The number of carbonyl (C=O) groups excluding carboxylic acids is 1. The third-order valence-corrected chi connectivity index (χ3v) is 4.14. The Kier molecular flexibility index (Phi) is 4.89. The largest absolute Gasteiger partial charge is 0.389 e. The van der Waals surface area contributed by atoms with Crippen LogP contribution in [-0.2, 0) is 4.79 Å². The zero-order valence-corrected chi connectivity index (χ0v) is 12.7. The number of amides is 1. The van der Waals surface area contributed by atoms with E-state index in [1.807, 2.05) is 18.2 Å². The van der Waals surface area contributed by atoms with Crippen molar-refractivity contribution in [3.05, 3.63) is 28.8 Å². The van der Waals surface area contributed by atoms with Crippen molar-refractivity contribution in [2.75, 3.05) is 18.5 Å². The number of likely N-dealkylation sites (N-methyl/N-ethyl adjacent to an activating group) is 1. The second-order valence-electron chi connectivity index (χ2n) is 5.20. The zero-order valence-electron chi connectivity index (χ0n) is 11.9. The standard InChI is InChI=1S/C15H21ClN2O2/c1-10(19)12-7-6-11(9-13(12)16)18-8-4-3-5-14(18)15(20)17-2/h6-7,9-10,14,19H,3-5,8H2,1-2H3,(H,17,20). The van der Waals surface area contributed by atoms with Gasteiger partial charge < -0.3 is 15.3 Å². The highest BCUT2D eigenvalue weighted by atomic mass is 35.5. The van der Waals surface area contributed by atoms with Crippen molar-refractivity contribution in [3.63, 3.8) is 0 Å². The van der Waals surface area contributed by atoms with Crippen LogP contribution >= 0.6 is 11.6 Å². The highest BCUT2D eigenvalue weighted by Crippen LogP contribution is 2.31. The van der Waals surface area contributed by atoms with Crippen molar-refractivity contribution in [2.45, 2.75) is 38.3 Å². The van der Waals surface area contributed by atoms with Crippen LogP contribution in [0.4, 0.5) is 5.69 Å². The second-order valence-corrected chi connectivity index (χ2v) is 5.61. The van der Waals surface area contributed by atoms with E-state index in [9.17, 15) is 9.90 Å². The monoisotopic (exact) mass is 296 g/mol. The number of anilines is 1. The van der Waals surface area contributed by atoms with Gasteiger partial charge in [0.05, 0.1) is 6.10 Å². The molecule has 1 aliphatic rings. The van der Waals surface area contributed by atoms with Gasteiger partial charge in [-0.05, 0) is 43.9 Å². The molecular weight excluding hydrogens is 276 g/mol. The minimum Gasteiger partial charge on any atom is -0.389 e. The summed E-state index contributed by atoms with van der Waals surface area (Å²) in [5.74, 6) is 0.0421. The highest BCUT2D eigenvalue weighted by molar-refractivity contribution is 6.31. The molecule has 0 spiro atoms. The smallest absolute Gasteiger partial charge is 0.242 e. The summed E-state index contributed by atoms with van der Waals surface area (Å²) >= 11 is 6.22. The summed E-state index contributed by atoms with van der Waals surface area (Å²) in [6.07, 6.45) is 2.40. The van der Waals surface area contributed by atoms with Crippen LogP contribution in [0.1, 0.15) is 37.9 Å². The van der Waals surface area contributed by atoms with Gasteiger partial charge in [-0.25, -0.2) is 0 Å². The van der Waals surface area contributed by atoms with Crippen molar-refractivity contribution in [1.29, 1.82) is 0 Å². The summed E-state index contributed by atoms with van der Waals surface area (Å²) in [6.45, 7) is 2.54. The molecule has 0 aliphatic carbocycles. The summed E-state index contributed by atoms with van der Waals surface area (Å²) < 4.78 is 0. The Balaban J connectivity index is 2.28. The van der Waals surface area contributed by atoms with Crippen LogP contribution in [0.25, 0.3) is 0 Å². The van der Waals surface area contributed by atoms with Gasteiger partial charge in [0, 0.05) is 24.3 Å². The molecule has 0 aromatic heterocycles. The molecule has 0 radical (unpaired) electrons.